The van der Waals surface area contributed by atoms with Crippen molar-refractivity contribution in [2.75, 3.05) is 21.1 Å². The molecule has 3 heteroatoms. The Bertz CT molecular complexity index is 185. The Kier molecular flexibility index (Phi) is 6.24. The maximum Gasteiger partial charge on any atom is 0.0273 e. The van der Waals surface area contributed by atoms with Crippen LogP contribution in [0.4, 0.5) is 0 Å². The van der Waals surface area contributed by atoms with Crippen LogP contribution in [0.1, 0.15) is 20.3 Å². The average molecular weight is 183 g/mol. The van der Waals surface area contributed by atoms with E-state index in [4.69, 9.17) is 0 Å². The Hall–Kier alpha value is -0.830. The quantitative estimate of drug-likeness (QED) is 0.519. The first-order chi connectivity index (χ1) is 6.15. The van der Waals surface area contributed by atoms with Crippen molar-refractivity contribution in [1.29, 1.82) is 0 Å². The summed E-state index contributed by atoms with van der Waals surface area (Å²) in [5, 5.41) is 1.96. The summed E-state index contributed by atoms with van der Waals surface area (Å²) in [6.07, 6.45) is 5.14. The number of hydrazine groups is 1. The van der Waals surface area contributed by atoms with Crippen LogP contribution in [-0.2, 0) is 0 Å². The minimum atomic E-state index is 0.422. The standard InChI is InChI=1S/C10H21N3/c1-6-10(8-13(5)12-4)9(2)7-11-3/h7-9,12H,6H2,1-5H3/b10-8-,11-7?. The Morgan fingerprint density at radius 3 is 2.62 bits per heavy atom. The summed E-state index contributed by atoms with van der Waals surface area (Å²) in [7, 11) is 5.71. The van der Waals surface area contributed by atoms with Gasteiger partial charge in [-0.3, -0.25) is 0 Å². The summed E-state index contributed by atoms with van der Waals surface area (Å²) in [5.41, 5.74) is 4.42. The molecule has 0 spiro atoms. The van der Waals surface area contributed by atoms with E-state index in [0.717, 1.165) is 6.42 Å². The Morgan fingerprint density at radius 2 is 2.23 bits per heavy atom. The number of aliphatic imine (C=N–C) groups is 1. The van der Waals surface area contributed by atoms with Crippen LogP contribution >= 0.6 is 0 Å². The third-order valence-electron chi connectivity index (χ3n) is 2.08. The summed E-state index contributed by atoms with van der Waals surface area (Å²) in [4.78, 5) is 4.03. The number of hydrogen-bond acceptors (Lipinski definition) is 3. The number of hydrogen-bond donors (Lipinski definition) is 1. The topological polar surface area (TPSA) is 27.6 Å². The Balaban J connectivity index is 4.39. The molecule has 1 unspecified atom stereocenters. The van der Waals surface area contributed by atoms with E-state index in [1.807, 2.05) is 32.4 Å². The lowest BCUT2D eigenvalue weighted by Crippen LogP contribution is -2.26. The molecule has 1 N–H and O–H groups in total. The highest BCUT2D eigenvalue weighted by Crippen LogP contribution is 2.12. The van der Waals surface area contributed by atoms with E-state index >= 15 is 0 Å². The van der Waals surface area contributed by atoms with Crippen LogP contribution < -0.4 is 5.43 Å². The van der Waals surface area contributed by atoms with Gasteiger partial charge in [0, 0.05) is 39.5 Å². The highest BCUT2D eigenvalue weighted by Gasteiger charge is 2.04. The molecule has 0 aliphatic heterocycles. The van der Waals surface area contributed by atoms with Gasteiger partial charge in [-0.05, 0) is 12.0 Å². The molecule has 3 nitrogen and oxygen atoms in total. The number of nitrogens with one attached hydrogen (secondary N) is 1. The van der Waals surface area contributed by atoms with Crippen molar-refractivity contribution in [1.82, 2.24) is 10.4 Å². The minimum Gasteiger partial charge on any atom is -0.319 e. The van der Waals surface area contributed by atoms with E-state index < -0.39 is 0 Å². The molecule has 0 saturated heterocycles. The highest BCUT2D eigenvalue weighted by atomic mass is 15.5. The summed E-state index contributed by atoms with van der Waals surface area (Å²) in [6.45, 7) is 4.32. The second kappa shape index (κ2) is 6.66. The molecular formula is C10H21N3. The highest BCUT2D eigenvalue weighted by molar-refractivity contribution is 5.64. The van der Waals surface area contributed by atoms with E-state index in [9.17, 15) is 0 Å². The van der Waals surface area contributed by atoms with E-state index in [2.05, 4.69) is 30.5 Å². The van der Waals surface area contributed by atoms with Gasteiger partial charge in [-0.25, -0.2) is 5.43 Å². The van der Waals surface area contributed by atoms with Gasteiger partial charge < -0.3 is 10.0 Å². The zero-order valence-electron chi connectivity index (χ0n) is 9.33. The van der Waals surface area contributed by atoms with Crippen LogP contribution in [0.15, 0.2) is 16.8 Å². The van der Waals surface area contributed by atoms with Crippen LogP contribution in [0.2, 0.25) is 0 Å². The molecule has 76 valence electrons. The zero-order valence-corrected chi connectivity index (χ0v) is 9.33. The molecule has 0 aromatic rings. The summed E-state index contributed by atoms with van der Waals surface area (Å²) < 4.78 is 0. The van der Waals surface area contributed by atoms with Gasteiger partial charge in [-0.2, -0.15) is 0 Å². The Morgan fingerprint density at radius 1 is 1.62 bits per heavy atom. The maximum atomic E-state index is 4.03. The first kappa shape index (κ1) is 12.2. The molecule has 0 bridgehead atoms. The molecule has 0 aromatic carbocycles. The third-order valence-corrected chi connectivity index (χ3v) is 2.08. The molecule has 0 aliphatic carbocycles. The number of rotatable bonds is 5. The van der Waals surface area contributed by atoms with Gasteiger partial charge in [0.25, 0.3) is 0 Å². The molecule has 0 aromatic heterocycles. The summed E-state index contributed by atoms with van der Waals surface area (Å²) in [5.74, 6) is 0.422. The predicted octanol–water partition coefficient (Wildman–Crippen LogP) is 1.68. The molecular weight excluding hydrogens is 162 g/mol. The van der Waals surface area contributed by atoms with Crippen molar-refractivity contribution in [2.45, 2.75) is 20.3 Å². The van der Waals surface area contributed by atoms with Gasteiger partial charge >= 0.3 is 0 Å². The van der Waals surface area contributed by atoms with Crippen LogP contribution in [0, 0.1) is 5.92 Å². The van der Waals surface area contributed by atoms with Crippen molar-refractivity contribution >= 4 is 6.21 Å². The zero-order chi connectivity index (χ0) is 10.3. The number of nitrogens with zero attached hydrogens (tertiary/aromatic N) is 2. The first-order valence-electron chi connectivity index (χ1n) is 4.68. The van der Waals surface area contributed by atoms with Gasteiger partial charge in [0.05, 0.1) is 0 Å². The molecule has 0 rings (SSSR count). The van der Waals surface area contributed by atoms with E-state index in [1.54, 1.807) is 0 Å². The van der Waals surface area contributed by atoms with Crippen molar-refractivity contribution < 1.29 is 0 Å². The van der Waals surface area contributed by atoms with Crippen LogP contribution in [0.3, 0.4) is 0 Å². The van der Waals surface area contributed by atoms with Crippen molar-refractivity contribution in [3.63, 3.8) is 0 Å². The monoisotopic (exact) mass is 183 g/mol. The smallest absolute Gasteiger partial charge is 0.0273 e. The van der Waals surface area contributed by atoms with Gasteiger partial charge in [-0.15, -0.1) is 0 Å². The lowest BCUT2D eigenvalue weighted by atomic mass is 10.0. The molecule has 0 heterocycles. The third kappa shape index (κ3) is 4.68. The molecule has 0 fully saturated rings. The minimum absolute atomic E-state index is 0.422. The fraction of sp³-hybridized carbons (Fsp3) is 0.700. The second-order valence-electron chi connectivity index (χ2n) is 3.09. The fourth-order valence-electron chi connectivity index (χ4n) is 1.16. The van der Waals surface area contributed by atoms with E-state index in [1.165, 1.54) is 5.57 Å². The van der Waals surface area contributed by atoms with Gasteiger partial charge in [0.15, 0.2) is 0 Å². The van der Waals surface area contributed by atoms with Gasteiger partial charge in [-0.1, -0.05) is 13.8 Å². The largest absolute Gasteiger partial charge is 0.319 e. The van der Waals surface area contributed by atoms with Crippen LogP contribution in [0.5, 0.6) is 0 Å². The second-order valence-corrected chi connectivity index (χ2v) is 3.09. The average Bonchev–Trinajstić information content (AvgIpc) is 2.14. The molecule has 0 radical (unpaired) electrons. The van der Waals surface area contributed by atoms with Crippen molar-refractivity contribution in [2.24, 2.45) is 10.9 Å². The lowest BCUT2D eigenvalue weighted by molar-refractivity contribution is 0.359. The fourth-order valence-corrected chi connectivity index (χ4v) is 1.16. The molecule has 0 amide bonds. The van der Waals surface area contributed by atoms with E-state index in [0.29, 0.717) is 5.92 Å². The summed E-state index contributed by atoms with van der Waals surface area (Å²) >= 11 is 0. The van der Waals surface area contributed by atoms with Crippen molar-refractivity contribution in [3.8, 4) is 0 Å². The van der Waals surface area contributed by atoms with E-state index in [-0.39, 0.29) is 0 Å². The maximum absolute atomic E-state index is 4.03. The van der Waals surface area contributed by atoms with Crippen LogP contribution in [0.25, 0.3) is 0 Å². The summed E-state index contributed by atoms with van der Waals surface area (Å²) in [6, 6.07) is 0. The Labute approximate surface area is 81.5 Å². The van der Waals surface area contributed by atoms with Crippen LogP contribution in [-0.4, -0.2) is 32.4 Å². The molecule has 0 aliphatic rings. The predicted molar refractivity (Wildman–Crippen MR) is 58.8 cm³/mol. The van der Waals surface area contributed by atoms with Gasteiger partial charge in [0.2, 0.25) is 0 Å². The molecule has 1 atom stereocenters. The van der Waals surface area contributed by atoms with Gasteiger partial charge in [0.1, 0.15) is 0 Å². The first-order valence-corrected chi connectivity index (χ1v) is 4.68. The normalized spacial score (nSPS) is 15.0. The SMILES string of the molecule is CC/C(=C/N(C)NC)C(C)C=NC. The number of allylic oxidation sites excluding steroid dienone is 1. The van der Waals surface area contributed by atoms with Crippen molar-refractivity contribution in [3.05, 3.63) is 11.8 Å². The molecule has 13 heavy (non-hydrogen) atoms. The lowest BCUT2D eigenvalue weighted by Gasteiger charge is -2.16. The molecule has 0 saturated carbocycles.